The van der Waals surface area contributed by atoms with Gasteiger partial charge in [0.1, 0.15) is 0 Å². The van der Waals surface area contributed by atoms with Gasteiger partial charge < -0.3 is 0 Å². The molecular weight excluding hydrogens is 238 g/mol. The van der Waals surface area contributed by atoms with E-state index >= 15 is 0 Å². The molecule has 0 N–H and O–H groups in total. The summed E-state index contributed by atoms with van der Waals surface area (Å²) >= 11 is 3.09. The van der Waals surface area contributed by atoms with Gasteiger partial charge in [0, 0.05) is 11.6 Å². The van der Waals surface area contributed by atoms with E-state index < -0.39 is 4.92 Å². The highest BCUT2D eigenvalue weighted by Crippen LogP contribution is 2.32. The van der Waals surface area contributed by atoms with Gasteiger partial charge in [-0.2, -0.15) is 10.5 Å². The predicted molar refractivity (Wildman–Crippen MR) is 50.2 cm³/mol. The van der Waals surface area contributed by atoms with Gasteiger partial charge in [0.25, 0.3) is 5.69 Å². The third-order valence-electron chi connectivity index (χ3n) is 1.66. The number of hydrogen-bond donors (Lipinski definition) is 0. The minimum atomic E-state index is -0.448. The molecule has 0 bridgehead atoms. The normalized spacial score (nSPS) is 12.4. The van der Waals surface area contributed by atoms with Crippen LogP contribution in [-0.2, 0) is 0 Å². The Balaban J connectivity index is 2.60. The van der Waals surface area contributed by atoms with E-state index in [1.165, 1.54) is 12.3 Å². The average Bonchev–Trinajstić information content (AvgIpc) is 2.48. The van der Waals surface area contributed by atoms with Crippen molar-refractivity contribution in [3.05, 3.63) is 32.3 Å². The first kappa shape index (κ1) is 8.18. The van der Waals surface area contributed by atoms with Crippen molar-refractivity contribution in [2.24, 2.45) is 5.10 Å². The fraction of sp³-hybridized carbons (Fsp3) is 0. The van der Waals surface area contributed by atoms with Crippen molar-refractivity contribution in [2.75, 3.05) is 0 Å². The van der Waals surface area contributed by atoms with Crippen LogP contribution in [0.2, 0.25) is 0 Å². The molecule has 1 aliphatic heterocycles. The molecule has 1 aliphatic rings. The zero-order valence-electron chi connectivity index (χ0n) is 6.27. The number of fused-ring (bicyclic) bond motifs is 1. The Bertz CT molecular complexity index is 416. The molecule has 0 unspecified atom stereocenters. The zero-order valence-corrected chi connectivity index (χ0v) is 7.85. The summed E-state index contributed by atoms with van der Waals surface area (Å²) in [6.07, 6.45) is 1.49. The molecular formula is C7H3BrN3O2. The molecule has 0 fully saturated rings. The van der Waals surface area contributed by atoms with Crippen LogP contribution in [0.4, 0.5) is 11.4 Å². The first-order chi connectivity index (χ1) is 6.18. The van der Waals surface area contributed by atoms with Crippen molar-refractivity contribution in [2.45, 2.75) is 0 Å². The second kappa shape index (κ2) is 2.81. The lowest BCUT2D eigenvalue weighted by molar-refractivity contribution is -0.385. The van der Waals surface area contributed by atoms with E-state index in [1.54, 1.807) is 6.07 Å². The number of halogens is 1. The highest BCUT2D eigenvalue weighted by Gasteiger charge is 2.18. The van der Waals surface area contributed by atoms with E-state index in [4.69, 9.17) is 0 Å². The molecule has 0 saturated heterocycles. The third-order valence-corrected chi connectivity index (χ3v) is 2.29. The molecule has 1 aromatic rings. The van der Waals surface area contributed by atoms with Crippen LogP contribution in [0.15, 0.2) is 21.7 Å². The number of benzene rings is 1. The van der Waals surface area contributed by atoms with Crippen molar-refractivity contribution in [3.63, 3.8) is 0 Å². The Morgan fingerprint density at radius 2 is 2.23 bits per heavy atom. The highest BCUT2D eigenvalue weighted by molar-refractivity contribution is 9.10. The summed E-state index contributed by atoms with van der Waals surface area (Å²) in [7, 11) is 0. The average molecular weight is 241 g/mol. The zero-order chi connectivity index (χ0) is 9.42. The van der Waals surface area contributed by atoms with Gasteiger partial charge in [0.05, 0.1) is 21.3 Å². The largest absolute Gasteiger partial charge is 0.284 e. The molecule has 0 spiro atoms. The van der Waals surface area contributed by atoms with E-state index in [0.29, 0.717) is 15.7 Å². The van der Waals surface area contributed by atoms with Crippen LogP contribution >= 0.6 is 15.9 Å². The van der Waals surface area contributed by atoms with Crippen LogP contribution in [-0.4, -0.2) is 11.1 Å². The van der Waals surface area contributed by atoms with E-state index in [-0.39, 0.29) is 5.69 Å². The SMILES string of the molecule is O=[N+]([O-])c1cc2c(cc1Br)[N]N=C2. The van der Waals surface area contributed by atoms with E-state index in [1.807, 2.05) is 0 Å². The Morgan fingerprint density at radius 3 is 2.92 bits per heavy atom. The van der Waals surface area contributed by atoms with Gasteiger partial charge in [-0.1, -0.05) is 0 Å². The topological polar surface area (TPSA) is 69.6 Å². The van der Waals surface area contributed by atoms with Gasteiger partial charge in [-0.3, -0.25) is 10.1 Å². The third kappa shape index (κ3) is 1.29. The number of nitrogens with zero attached hydrogens (tertiary/aromatic N) is 3. The van der Waals surface area contributed by atoms with Crippen molar-refractivity contribution in [1.29, 1.82) is 0 Å². The summed E-state index contributed by atoms with van der Waals surface area (Å²) in [6.45, 7) is 0. The van der Waals surface area contributed by atoms with Gasteiger partial charge in [-0.15, -0.1) is 0 Å². The molecule has 6 heteroatoms. The quantitative estimate of drug-likeness (QED) is 0.556. The Morgan fingerprint density at radius 1 is 1.46 bits per heavy atom. The highest BCUT2D eigenvalue weighted by atomic mass is 79.9. The lowest BCUT2D eigenvalue weighted by Gasteiger charge is -1.98. The second-order valence-electron chi connectivity index (χ2n) is 2.46. The molecule has 0 amide bonds. The standard InChI is InChI=1S/C7H3BrN3O2/c8-5-2-6-4(3-9-10-6)1-7(5)11(12)13/h1-3H. The molecule has 0 saturated carbocycles. The maximum absolute atomic E-state index is 10.5. The molecule has 2 rings (SSSR count). The van der Waals surface area contributed by atoms with Crippen LogP contribution in [0.3, 0.4) is 0 Å². The summed E-state index contributed by atoms with van der Waals surface area (Å²) in [5.41, 5.74) is 5.13. The molecule has 0 aromatic heterocycles. The Hall–Kier alpha value is -1.43. The molecule has 1 radical (unpaired) electrons. The smallest absolute Gasteiger partial charge is 0.258 e. The van der Waals surface area contributed by atoms with Crippen molar-refractivity contribution < 1.29 is 4.92 Å². The summed E-state index contributed by atoms with van der Waals surface area (Å²) in [4.78, 5) is 10.1. The van der Waals surface area contributed by atoms with E-state index in [2.05, 4.69) is 26.5 Å². The van der Waals surface area contributed by atoms with Crippen LogP contribution in [0.5, 0.6) is 0 Å². The fourth-order valence-corrected chi connectivity index (χ4v) is 1.53. The lowest BCUT2D eigenvalue weighted by Crippen LogP contribution is -1.92. The molecule has 5 nitrogen and oxygen atoms in total. The summed E-state index contributed by atoms with van der Waals surface area (Å²) in [5, 5.41) is 14.2. The van der Waals surface area contributed by atoms with Crippen LogP contribution in [0.25, 0.3) is 0 Å². The molecule has 13 heavy (non-hydrogen) atoms. The van der Waals surface area contributed by atoms with Gasteiger partial charge >= 0.3 is 0 Å². The van der Waals surface area contributed by atoms with Crippen molar-refractivity contribution in [3.8, 4) is 0 Å². The maximum atomic E-state index is 10.5. The summed E-state index contributed by atoms with van der Waals surface area (Å²) in [5.74, 6) is 0. The second-order valence-corrected chi connectivity index (χ2v) is 3.32. The van der Waals surface area contributed by atoms with E-state index in [0.717, 1.165) is 0 Å². The number of rotatable bonds is 1. The van der Waals surface area contributed by atoms with Crippen molar-refractivity contribution in [1.82, 2.24) is 5.43 Å². The first-order valence-corrected chi connectivity index (χ1v) is 4.20. The number of nitro groups is 1. The monoisotopic (exact) mass is 240 g/mol. The summed E-state index contributed by atoms with van der Waals surface area (Å²) < 4.78 is 0.422. The fourth-order valence-electron chi connectivity index (χ4n) is 1.05. The molecule has 0 atom stereocenters. The number of nitro benzene ring substituents is 1. The minimum Gasteiger partial charge on any atom is -0.258 e. The lowest BCUT2D eigenvalue weighted by atomic mass is 10.2. The van der Waals surface area contributed by atoms with Crippen molar-refractivity contribution >= 4 is 33.5 Å². The van der Waals surface area contributed by atoms with Crippen LogP contribution in [0, 0.1) is 10.1 Å². The van der Waals surface area contributed by atoms with Gasteiger partial charge in [0.15, 0.2) is 0 Å². The van der Waals surface area contributed by atoms with Crippen LogP contribution in [0.1, 0.15) is 5.56 Å². The molecule has 1 heterocycles. The van der Waals surface area contributed by atoms with Gasteiger partial charge in [-0.05, 0) is 22.0 Å². The Kier molecular flexibility index (Phi) is 1.77. The maximum Gasteiger partial charge on any atom is 0.284 e. The minimum absolute atomic E-state index is 0.0299. The summed E-state index contributed by atoms with van der Waals surface area (Å²) in [6, 6.07) is 3.03. The molecule has 65 valence electrons. The molecule has 1 aromatic carbocycles. The van der Waals surface area contributed by atoms with E-state index in [9.17, 15) is 10.1 Å². The van der Waals surface area contributed by atoms with Crippen LogP contribution < -0.4 is 5.43 Å². The Labute approximate surface area is 81.7 Å². The molecule has 0 aliphatic carbocycles. The van der Waals surface area contributed by atoms with Gasteiger partial charge in [0.2, 0.25) is 0 Å². The number of hydrogen-bond acceptors (Lipinski definition) is 3. The first-order valence-electron chi connectivity index (χ1n) is 3.40. The van der Waals surface area contributed by atoms with Gasteiger partial charge in [-0.25, -0.2) is 0 Å². The predicted octanol–water partition coefficient (Wildman–Crippen LogP) is 1.94.